The molecular formula is C24H30N2O7S. The molecule has 1 aliphatic heterocycles. The zero-order valence-electron chi connectivity index (χ0n) is 20.0. The van der Waals surface area contributed by atoms with E-state index in [0.717, 1.165) is 19.3 Å². The van der Waals surface area contributed by atoms with E-state index in [1.54, 1.807) is 13.0 Å². The van der Waals surface area contributed by atoms with Crippen LogP contribution in [0, 0.1) is 6.92 Å². The summed E-state index contributed by atoms with van der Waals surface area (Å²) in [7, 11) is 0.326. The van der Waals surface area contributed by atoms with Gasteiger partial charge in [-0.1, -0.05) is 12.5 Å². The van der Waals surface area contributed by atoms with Gasteiger partial charge in [-0.05, 0) is 44.4 Å². The van der Waals surface area contributed by atoms with Gasteiger partial charge in [0, 0.05) is 30.3 Å². The number of sulfonamides is 1. The number of carbonyl (C=O) groups excluding carboxylic acids is 2. The molecule has 1 amide bonds. The van der Waals surface area contributed by atoms with Crippen molar-refractivity contribution >= 4 is 27.6 Å². The summed E-state index contributed by atoms with van der Waals surface area (Å²) in [6.07, 6.45) is 2.59. The lowest BCUT2D eigenvalue weighted by atomic mass is 10.1. The summed E-state index contributed by atoms with van der Waals surface area (Å²) >= 11 is 0. The molecule has 1 aliphatic rings. The number of benzene rings is 2. The van der Waals surface area contributed by atoms with E-state index in [9.17, 15) is 18.0 Å². The van der Waals surface area contributed by atoms with E-state index in [4.69, 9.17) is 14.2 Å². The molecule has 1 heterocycles. The predicted molar refractivity (Wildman–Crippen MR) is 127 cm³/mol. The summed E-state index contributed by atoms with van der Waals surface area (Å²) in [5.41, 5.74) is 0.975. The first kappa shape index (κ1) is 25.5. The normalized spacial score (nSPS) is 16.6. The maximum absolute atomic E-state index is 13.3. The van der Waals surface area contributed by atoms with Crippen LogP contribution in [0.3, 0.4) is 0 Å². The van der Waals surface area contributed by atoms with Gasteiger partial charge in [-0.3, -0.25) is 4.79 Å². The van der Waals surface area contributed by atoms with Crippen LogP contribution in [0.4, 0.5) is 5.69 Å². The van der Waals surface area contributed by atoms with E-state index in [1.807, 2.05) is 6.92 Å². The largest absolute Gasteiger partial charge is 0.493 e. The zero-order valence-corrected chi connectivity index (χ0v) is 20.8. The van der Waals surface area contributed by atoms with Crippen molar-refractivity contribution in [1.82, 2.24) is 4.31 Å². The summed E-state index contributed by atoms with van der Waals surface area (Å²) in [4.78, 5) is 25.6. The Balaban J connectivity index is 1.99. The molecule has 9 nitrogen and oxygen atoms in total. The Morgan fingerprint density at radius 2 is 1.68 bits per heavy atom. The van der Waals surface area contributed by atoms with Crippen LogP contribution in [0.15, 0.2) is 35.2 Å². The number of piperidine rings is 1. The third-order valence-corrected chi connectivity index (χ3v) is 7.99. The molecule has 34 heavy (non-hydrogen) atoms. The van der Waals surface area contributed by atoms with Crippen LogP contribution >= 0.6 is 0 Å². The fraction of sp³-hybridized carbons (Fsp3) is 0.417. The van der Waals surface area contributed by atoms with Crippen LogP contribution in [0.1, 0.15) is 52.5 Å². The highest BCUT2D eigenvalue weighted by Crippen LogP contribution is 2.34. The average molecular weight is 491 g/mol. The number of carbonyl (C=O) groups is 2. The van der Waals surface area contributed by atoms with E-state index in [0.29, 0.717) is 23.6 Å². The second kappa shape index (κ2) is 10.4. The van der Waals surface area contributed by atoms with Crippen LogP contribution in [-0.4, -0.2) is 58.5 Å². The maximum atomic E-state index is 13.3. The molecule has 3 rings (SSSR count). The van der Waals surface area contributed by atoms with E-state index >= 15 is 0 Å². The SMILES string of the molecule is COC(=O)c1cc(OC)c(OC)cc1NC(=O)c1cc(S(=O)(=O)N2CCCCC2C)ccc1C. The second-order valence-electron chi connectivity index (χ2n) is 8.14. The molecule has 0 radical (unpaired) electrons. The first-order chi connectivity index (χ1) is 16.1. The van der Waals surface area contributed by atoms with Gasteiger partial charge < -0.3 is 19.5 Å². The molecule has 10 heteroatoms. The molecule has 1 atom stereocenters. The predicted octanol–water partition coefficient (Wildman–Crippen LogP) is 3.61. The van der Waals surface area contributed by atoms with E-state index in [1.165, 1.54) is 49.9 Å². The molecule has 1 unspecified atom stereocenters. The Bertz CT molecular complexity index is 1190. The summed E-state index contributed by atoms with van der Waals surface area (Å²) in [5.74, 6) is -0.652. The minimum atomic E-state index is -3.76. The van der Waals surface area contributed by atoms with Gasteiger partial charge in [0.05, 0.1) is 37.5 Å². The smallest absolute Gasteiger partial charge is 0.340 e. The number of nitrogens with one attached hydrogen (secondary N) is 1. The Labute approximate surface area is 200 Å². The third-order valence-electron chi connectivity index (χ3n) is 5.98. The Morgan fingerprint density at radius 3 is 2.29 bits per heavy atom. The van der Waals surface area contributed by atoms with Crippen molar-refractivity contribution in [3.05, 3.63) is 47.0 Å². The number of esters is 1. The highest BCUT2D eigenvalue weighted by molar-refractivity contribution is 7.89. The van der Waals surface area contributed by atoms with Crippen molar-refractivity contribution in [2.24, 2.45) is 0 Å². The monoisotopic (exact) mass is 490 g/mol. The van der Waals surface area contributed by atoms with Crippen LogP contribution in [0.5, 0.6) is 11.5 Å². The Kier molecular flexibility index (Phi) is 7.83. The Hall–Kier alpha value is -3.11. The molecule has 0 bridgehead atoms. The number of hydrogen-bond acceptors (Lipinski definition) is 7. The number of amides is 1. The van der Waals surface area contributed by atoms with Gasteiger partial charge in [-0.25, -0.2) is 13.2 Å². The molecule has 2 aromatic carbocycles. The van der Waals surface area contributed by atoms with Gasteiger partial charge in [-0.15, -0.1) is 0 Å². The quantitative estimate of drug-likeness (QED) is 0.590. The first-order valence-corrected chi connectivity index (χ1v) is 12.4. The molecule has 0 spiro atoms. The van der Waals surface area contributed by atoms with Gasteiger partial charge in [0.15, 0.2) is 11.5 Å². The molecular weight excluding hydrogens is 460 g/mol. The number of aryl methyl sites for hydroxylation is 1. The van der Waals surface area contributed by atoms with Crippen LogP contribution in [0.25, 0.3) is 0 Å². The van der Waals surface area contributed by atoms with Gasteiger partial charge >= 0.3 is 5.97 Å². The molecule has 0 aromatic heterocycles. The fourth-order valence-electron chi connectivity index (χ4n) is 4.02. The van der Waals surface area contributed by atoms with Crippen LogP contribution in [-0.2, 0) is 14.8 Å². The molecule has 2 aromatic rings. The highest BCUT2D eigenvalue weighted by Gasteiger charge is 2.31. The topological polar surface area (TPSA) is 111 Å². The van der Waals surface area contributed by atoms with Crippen molar-refractivity contribution in [2.45, 2.75) is 44.0 Å². The molecule has 184 valence electrons. The second-order valence-corrected chi connectivity index (χ2v) is 10.0. The van der Waals surface area contributed by atoms with Gasteiger partial charge in [0.2, 0.25) is 10.0 Å². The molecule has 1 N–H and O–H groups in total. The zero-order chi connectivity index (χ0) is 25.0. The van der Waals surface area contributed by atoms with Crippen LogP contribution < -0.4 is 14.8 Å². The van der Waals surface area contributed by atoms with Gasteiger partial charge in [0.25, 0.3) is 5.91 Å². The average Bonchev–Trinajstić information content (AvgIpc) is 2.83. The van der Waals surface area contributed by atoms with Gasteiger partial charge in [0.1, 0.15) is 0 Å². The number of hydrogen-bond donors (Lipinski definition) is 1. The summed E-state index contributed by atoms with van der Waals surface area (Å²) < 4.78 is 43.4. The van der Waals surface area contributed by atoms with E-state index < -0.39 is 21.9 Å². The van der Waals surface area contributed by atoms with Crippen molar-refractivity contribution in [3.8, 4) is 11.5 Å². The highest BCUT2D eigenvalue weighted by atomic mass is 32.2. The molecule has 0 saturated carbocycles. The number of ether oxygens (including phenoxy) is 3. The van der Waals surface area contributed by atoms with Crippen molar-refractivity contribution < 1.29 is 32.2 Å². The summed E-state index contributed by atoms with van der Waals surface area (Å²) in [5, 5.41) is 2.69. The number of nitrogens with zero attached hydrogens (tertiary/aromatic N) is 1. The molecule has 1 saturated heterocycles. The Morgan fingerprint density at radius 1 is 1.00 bits per heavy atom. The van der Waals surface area contributed by atoms with Crippen molar-refractivity contribution in [1.29, 1.82) is 0 Å². The standard InChI is InChI=1S/C24H30N2O7S/c1-15-9-10-17(34(29,30)26-11-7-6-8-16(26)2)12-18(15)23(27)25-20-14-22(32-4)21(31-3)13-19(20)24(28)33-5/h9-10,12-14,16H,6-8,11H2,1-5H3,(H,25,27). The maximum Gasteiger partial charge on any atom is 0.340 e. The van der Waals surface area contributed by atoms with Crippen LogP contribution in [0.2, 0.25) is 0 Å². The fourth-order valence-corrected chi connectivity index (χ4v) is 5.75. The number of rotatable bonds is 7. The first-order valence-electron chi connectivity index (χ1n) is 10.9. The minimum Gasteiger partial charge on any atom is -0.493 e. The lowest BCUT2D eigenvalue weighted by Gasteiger charge is -2.32. The van der Waals surface area contributed by atoms with Crippen molar-refractivity contribution in [2.75, 3.05) is 33.2 Å². The number of methoxy groups -OCH3 is 3. The number of anilines is 1. The van der Waals surface area contributed by atoms with E-state index in [2.05, 4.69) is 5.32 Å². The third kappa shape index (κ3) is 5.02. The van der Waals surface area contributed by atoms with Gasteiger partial charge in [-0.2, -0.15) is 4.31 Å². The lowest BCUT2D eigenvalue weighted by molar-refractivity contribution is 0.0601. The summed E-state index contributed by atoms with van der Waals surface area (Å²) in [6, 6.07) is 7.25. The molecule has 0 aliphatic carbocycles. The lowest BCUT2D eigenvalue weighted by Crippen LogP contribution is -2.42. The van der Waals surface area contributed by atoms with Crippen molar-refractivity contribution in [3.63, 3.8) is 0 Å². The molecule has 1 fully saturated rings. The minimum absolute atomic E-state index is 0.0532. The van der Waals surface area contributed by atoms with E-state index in [-0.39, 0.29) is 27.8 Å². The summed E-state index contributed by atoms with van der Waals surface area (Å²) in [6.45, 7) is 4.06.